The average Bonchev–Trinajstić information content (AvgIpc) is 3.17. The highest BCUT2D eigenvalue weighted by Crippen LogP contribution is 2.31. The van der Waals surface area contributed by atoms with Gasteiger partial charge in [0.05, 0.1) is 0 Å². The van der Waals surface area contributed by atoms with Crippen molar-refractivity contribution in [2.75, 3.05) is 18.1 Å². The zero-order valence-electron chi connectivity index (χ0n) is 17.4. The number of nitrogens with one attached hydrogen (secondary N) is 1. The lowest BCUT2D eigenvalue weighted by molar-refractivity contribution is -0.120. The van der Waals surface area contributed by atoms with Crippen LogP contribution in [0.1, 0.15) is 33.6 Å². The molecule has 1 aliphatic heterocycles. The quantitative estimate of drug-likeness (QED) is 0.682. The molecule has 0 bridgehead atoms. The first-order valence-electron chi connectivity index (χ1n) is 9.82. The third-order valence-electron chi connectivity index (χ3n) is 4.75. The lowest BCUT2D eigenvalue weighted by atomic mass is 10.1. The third-order valence-corrected chi connectivity index (χ3v) is 5.55. The van der Waals surface area contributed by atoms with Crippen molar-refractivity contribution < 1.29 is 14.3 Å². The molecule has 2 aromatic rings. The lowest BCUT2D eigenvalue weighted by Crippen LogP contribution is -2.45. The molecule has 3 rings (SSSR count). The van der Waals surface area contributed by atoms with Crippen LogP contribution < -0.4 is 5.32 Å². The molecule has 1 aliphatic rings. The fourth-order valence-corrected chi connectivity index (χ4v) is 4.04. The summed E-state index contributed by atoms with van der Waals surface area (Å²) in [4.78, 5) is 27.9. The molecular weight excluding hydrogens is 384 g/mol. The van der Waals surface area contributed by atoms with Gasteiger partial charge in [-0.05, 0) is 69.2 Å². The van der Waals surface area contributed by atoms with Crippen molar-refractivity contribution in [2.45, 2.75) is 50.2 Å². The molecule has 2 aromatic carbocycles. The Hall–Kier alpha value is -2.47. The number of hydrogen-bond acceptors (Lipinski definition) is 4. The number of benzene rings is 2. The van der Waals surface area contributed by atoms with Gasteiger partial charge in [0.1, 0.15) is 11.6 Å². The third kappa shape index (κ3) is 5.32. The number of thioether (sulfide) groups is 1. The molecule has 1 N–H and O–H groups in total. The van der Waals surface area contributed by atoms with E-state index in [4.69, 9.17) is 4.74 Å². The fourth-order valence-electron chi connectivity index (χ4n) is 3.42. The minimum Gasteiger partial charge on any atom is -0.444 e. The summed E-state index contributed by atoms with van der Waals surface area (Å²) in [6, 6.07) is 15.6. The van der Waals surface area contributed by atoms with Crippen LogP contribution in [0, 0.1) is 0 Å². The molecule has 0 spiro atoms. The van der Waals surface area contributed by atoms with E-state index in [1.54, 1.807) is 11.8 Å². The highest BCUT2D eigenvalue weighted by atomic mass is 32.2. The zero-order valence-corrected chi connectivity index (χ0v) is 18.2. The van der Waals surface area contributed by atoms with Crippen LogP contribution in [0.25, 0.3) is 11.1 Å². The fraction of sp³-hybridized carbons (Fsp3) is 0.391. The minimum atomic E-state index is -0.580. The van der Waals surface area contributed by atoms with Gasteiger partial charge in [-0.1, -0.05) is 30.3 Å². The van der Waals surface area contributed by atoms with E-state index in [9.17, 15) is 9.59 Å². The number of hydrogen-bond donors (Lipinski definition) is 1. The smallest absolute Gasteiger partial charge is 0.410 e. The molecule has 1 saturated heterocycles. The van der Waals surface area contributed by atoms with E-state index in [1.165, 1.54) is 15.4 Å². The second-order valence-electron chi connectivity index (χ2n) is 8.10. The van der Waals surface area contributed by atoms with E-state index in [-0.39, 0.29) is 5.91 Å². The Kier molecular flexibility index (Phi) is 6.52. The molecule has 1 unspecified atom stereocenters. The summed E-state index contributed by atoms with van der Waals surface area (Å²) in [5.74, 6) is -0.175. The predicted octanol–water partition coefficient (Wildman–Crippen LogP) is 5.41. The topological polar surface area (TPSA) is 58.6 Å². The van der Waals surface area contributed by atoms with Crippen LogP contribution in [0.2, 0.25) is 0 Å². The summed E-state index contributed by atoms with van der Waals surface area (Å²) in [5, 5.41) is 2.95. The van der Waals surface area contributed by atoms with Crippen LogP contribution >= 0.6 is 11.8 Å². The number of rotatable bonds is 4. The first kappa shape index (κ1) is 21.2. The molecule has 2 amide bonds. The Balaban J connectivity index is 1.68. The molecular formula is C23H28N2O3S. The second-order valence-corrected chi connectivity index (χ2v) is 8.95. The van der Waals surface area contributed by atoms with Crippen molar-refractivity contribution in [3.05, 3.63) is 48.5 Å². The van der Waals surface area contributed by atoms with Gasteiger partial charge < -0.3 is 10.1 Å². The summed E-state index contributed by atoms with van der Waals surface area (Å²) >= 11 is 1.71. The minimum absolute atomic E-state index is 0.175. The highest BCUT2D eigenvalue weighted by Gasteiger charge is 2.36. The van der Waals surface area contributed by atoms with E-state index in [0.717, 1.165) is 17.7 Å². The van der Waals surface area contributed by atoms with Crippen molar-refractivity contribution >= 4 is 29.4 Å². The summed E-state index contributed by atoms with van der Waals surface area (Å²) in [6.07, 6.45) is 3.07. The molecule has 154 valence electrons. The lowest BCUT2D eigenvalue weighted by Gasteiger charge is -2.28. The zero-order chi connectivity index (χ0) is 21.0. The van der Waals surface area contributed by atoms with Crippen LogP contribution in [0.15, 0.2) is 53.4 Å². The first-order valence-corrected chi connectivity index (χ1v) is 11.0. The second kappa shape index (κ2) is 8.91. The van der Waals surface area contributed by atoms with Gasteiger partial charge in [0, 0.05) is 17.1 Å². The highest BCUT2D eigenvalue weighted by molar-refractivity contribution is 7.98. The molecule has 6 heteroatoms. The number of nitrogens with zero attached hydrogens (tertiary/aromatic N) is 1. The number of amides is 2. The Labute approximate surface area is 176 Å². The Bertz CT molecular complexity index is 874. The van der Waals surface area contributed by atoms with E-state index < -0.39 is 17.7 Å². The Morgan fingerprint density at radius 3 is 2.45 bits per heavy atom. The maximum atomic E-state index is 12.8. The SMILES string of the molecule is CSc1ccccc1-c1ccc(NC(=O)C2CCCN2C(=O)OC(C)(C)C)cc1. The van der Waals surface area contributed by atoms with Crippen molar-refractivity contribution in [3.8, 4) is 11.1 Å². The molecule has 5 nitrogen and oxygen atoms in total. The van der Waals surface area contributed by atoms with Crippen molar-refractivity contribution in [3.63, 3.8) is 0 Å². The number of carbonyl (C=O) groups is 2. The molecule has 0 saturated carbocycles. The van der Waals surface area contributed by atoms with Gasteiger partial charge in [-0.3, -0.25) is 9.69 Å². The van der Waals surface area contributed by atoms with Crippen LogP contribution in [-0.4, -0.2) is 41.3 Å². The van der Waals surface area contributed by atoms with Crippen molar-refractivity contribution in [2.24, 2.45) is 0 Å². The van der Waals surface area contributed by atoms with Crippen LogP contribution in [-0.2, 0) is 9.53 Å². The molecule has 0 radical (unpaired) electrons. The predicted molar refractivity (Wildman–Crippen MR) is 118 cm³/mol. The number of ether oxygens (including phenoxy) is 1. The molecule has 29 heavy (non-hydrogen) atoms. The number of likely N-dealkylation sites (tertiary alicyclic amines) is 1. The van der Waals surface area contributed by atoms with Crippen molar-refractivity contribution in [1.29, 1.82) is 0 Å². The van der Waals surface area contributed by atoms with Gasteiger partial charge in [0.25, 0.3) is 0 Å². The standard InChI is InChI=1S/C23H28N2O3S/c1-23(2,3)28-22(27)25-15-7-9-19(25)21(26)24-17-13-11-16(12-14-17)18-8-5-6-10-20(18)29-4/h5-6,8,10-14,19H,7,9,15H2,1-4H3,(H,24,26). The van der Waals surface area contributed by atoms with E-state index in [2.05, 4.69) is 23.7 Å². The normalized spacial score (nSPS) is 16.6. The molecule has 1 atom stereocenters. The monoisotopic (exact) mass is 412 g/mol. The van der Waals surface area contributed by atoms with E-state index >= 15 is 0 Å². The summed E-state index contributed by atoms with van der Waals surface area (Å²) in [6.45, 7) is 6.02. The first-order chi connectivity index (χ1) is 13.8. The van der Waals surface area contributed by atoms with E-state index in [1.807, 2.05) is 57.2 Å². The van der Waals surface area contributed by atoms with Crippen LogP contribution in [0.3, 0.4) is 0 Å². The summed E-state index contributed by atoms with van der Waals surface area (Å²) < 4.78 is 5.44. The van der Waals surface area contributed by atoms with Gasteiger partial charge >= 0.3 is 6.09 Å². The molecule has 0 aliphatic carbocycles. The largest absolute Gasteiger partial charge is 0.444 e. The molecule has 1 heterocycles. The maximum Gasteiger partial charge on any atom is 0.410 e. The van der Waals surface area contributed by atoms with Gasteiger partial charge in [-0.25, -0.2) is 4.79 Å². The van der Waals surface area contributed by atoms with Gasteiger partial charge in [-0.15, -0.1) is 11.8 Å². The van der Waals surface area contributed by atoms with Gasteiger partial charge in [0.2, 0.25) is 5.91 Å². The Morgan fingerprint density at radius 2 is 1.79 bits per heavy atom. The molecule has 1 fully saturated rings. The van der Waals surface area contributed by atoms with Gasteiger partial charge in [-0.2, -0.15) is 0 Å². The maximum absolute atomic E-state index is 12.8. The molecule has 0 aromatic heterocycles. The average molecular weight is 413 g/mol. The van der Waals surface area contributed by atoms with E-state index in [0.29, 0.717) is 13.0 Å². The number of carbonyl (C=O) groups excluding carboxylic acids is 2. The summed E-state index contributed by atoms with van der Waals surface area (Å²) in [5.41, 5.74) is 2.41. The van der Waals surface area contributed by atoms with Crippen LogP contribution in [0.5, 0.6) is 0 Å². The number of anilines is 1. The van der Waals surface area contributed by atoms with Gasteiger partial charge in [0.15, 0.2) is 0 Å². The Morgan fingerprint density at radius 1 is 1.10 bits per heavy atom. The summed E-state index contributed by atoms with van der Waals surface area (Å²) in [7, 11) is 0. The van der Waals surface area contributed by atoms with Crippen molar-refractivity contribution in [1.82, 2.24) is 4.90 Å². The van der Waals surface area contributed by atoms with Crippen LogP contribution in [0.4, 0.5) is 10.5 Å².